The molecule has 0 spiro atoms. The van der Waals surface area contributed by atoms with Crippen molar-refractivity contribution in [3.63, 3.8) is 0 Å². The molecule has 1 aliphatic heterocycles. The zero-order valence-corrected chi connectivity index (χ0v) is 17.6. The molecule has 0 atom stereocenters. The number of amides is 2. The van der Waals surface area contributed by atoms with Gasteiger partial charge in [0.25, 0.3) is 0 Å². The van der Waals surface area contributed by atoms with Crippen molar-refractivity contribution in [2.24, 2.45) is 0 Å². The quantitative estimate of drug-likeness (QED) is 0.722. The van der Waals surface area contributed by atoms with Gasteiger partial charge in [0.05, 0.1) is 13.5 Å². The van der Waals surface area contributed by atoms with Crippen molar-refractivity contribution in [1.82, 2.24) is 9.80 Å². The number of nitrogens with one attached hydrogen (secondary N) is 1. The van der Waals surface area contributed by atoms with Gasteiger partial charge in [0.2, 0.25) is 11.8 Å². The Hall–Kier alpha value is -3.06. The fourth-order valence-corrected chi connectivity index (χ4v) is 3.38. The minimum atomic E-state index is -0.105. The molecule has 2 amide bonds. The third-order valence-electron chi connectivity index (χ3n) is 5.09. The zero-order valence-electron chi connectivity index (χ0n) is 17.6. The average Bonchev–Trinajstić information content (AvgIpc) is 2.76. The number of carbonyl (C=O) groups excluding carboxylic acids is 2. The van der Waals surface area contributed by atoms with Crippen LogP contribution in [-0.4, -0.2) is 68.1 Å². The zero-order chi connectivity index (χ0) is 21.3. The van der Waals surface area contributed by atoms with Gasteiger partial charge in [-0.25, -0.2) is 0 Å². The summed E-state index contributed by atoms with van der Waals surface area (Å²) in [5.74, 6) is 1.67. The number of carbonyl (C=O) groups is 2. The lowest BCUT2D eigenvalue weighted by Crippen LogP contribution is -2.49. The highest BCUT2D eigenvalue weighted by atomic mass is 16.5. The molecule has 2 aromatic carbocycles. The summed E-state index contributed by atoms with van der Waals surface area (Å²) in [4.78, 5) is 27.9. The van der Waals surface area contributed by atoms with Crippen LogP contribution >= 0.6 is 0 Å². The lowest BCUT2D eigenvalue weighted by atomic mass is 10.1. The molecular weight excluding hydrogens is 382 g/mol. The SMILES string of the molecule is COc1ccc(OCCN2CCN(C(=O)Cc3ccc(NC(C)=O)cc3)CC2)cc1. The number of anilines is 1. The normalized spacial score (nSPS) is 14.3. The number of benzene rings is 2. The summed E-state index contributed by atoms with van der Waals surface area (Å²) in [6.45, 7) is 6.07. The first kappa shape index (κ1) is 21.6. The highest BCUT2D eigenvalue weighted by Crippen LogP contribution is 2.17. The van der Waals surface area contributed by atoms with E-state index in [1.807, 2.05) is 53.4 Å². The fourth-order valence-electron chi connectivity index (χ4n) is 3.38. The van der Waals surface area contributed by atoms with Gasteiger partial charge in [0, 0.05) is 45.3 Å². The summed E-state index contributed by atoms with van der Waals surface area (Å²) in [6, 6.07) is 15.0. The topological polar surface area (TPSA) is 71.1 Å². The summed E-state index contributed by atoms with van der Waals surface area (Å²) in [5, 5.41) is 2.73. The second-order valence-corrected chi connectivity index (χ2v) is 7.30. The van der Waals surface area contributed by atoms with Crippen LogP contribution in [0.15, 0.2) is 48.5 Å². The minimum Gasteiger partial charge on any atom is -0.497 e. The van der Waals surface area contributed by atoms with Crippen LogP contribution in [-0.2, 0) is 16.0 Å². The highest BCUT2D eigenvalue weighted by molar-refractivity contribution is 5.88. The van der Waals surface area contributed by atoms with Crippen molar-refractivity contribution in [2.75, 3.05) is 51.8 Å². The van der Waals surface area contributed by atoms with Crippen molar-refractivity contribution in [3.05, 3.63) is 54.1 Å². The van der Waals surface area contributed by atoms with E-state index >= 15 is 0 Å². The van der Waals surface area contributed by atoms with E-state index in [1.54, 1.807) is 7.11 Å². The molecule has 7 heteroatoms. The van der Waals surface area contributed by atoms with E-state index in [1.165, 1.54) is 6.92 Å². The van der Waals surface area contributed by atoms with Gasteiger partial charge in [-0.15, -0.1) is 0 Å². The van der Waals surface area contributed by atoms with Gasteiger partial charge in [0.15, 0.2) is 0 Å². The Balaban J connectivity index is 1.37. The predicted octanol–water partition coefficient (Wildman–Crippen LogP) is 2.42. The van der Waals surface area contributed by atoms with Gasteiger partial charge in [-0.1, -0.05) is 12.1 Å². The van der Waals surface area contributed by atoms with E-state index in [2.05, 4.69) is 10.2 Å². The molecule has 1 heterocycles. The van der Waals surface area contributed by atoms with Gasteiger partial charge in [-0.3, -0.25) is 14.5 Å². The van der Waals surface area contributed by atoms with Crippen LogP contribution in [0.5, 0.6) is 11.5 Å². The monoisotopic (exact) mass is 411 g/mol. The lowest BCUT2D eigenvalue weighted by molar-refractivity contribution is -0.132. The molecule has 0 unspecified atom stereocenters. The molecule has 0 radical (unpaired) electrons. The Morgan fingerprint density at radius 3 is 2.17 bits per heavy atom. The molecule has 3 rings (SSSR count). The van der Waals surface area contributed by atoms with Crippen molar-refractivity contribution >= 4 is 17.5 Å². The van der Waals surface area contributed by atoms with Gasteiger partial charge in [-0.05, 0) is 42.0 Å². The molecule has 0 aromatic heterocycles. The van der Waals surface area contributed by atoms with Gasteiger partial charge in [-0.2, -0.15) is 0 Å². The van der Waals surface area contributed by atoms with E-state index in [0.717, 1.165) is 55.5 Å². The molecule has 1 N–H and O–H groups in total. The molecule has 1 fully saturated rings. The number of rotatable bonds is 8. The van der Waals surface area contributed by atoms with E-state index in [4.69, 9.17) is 9.47 Å². The van der Waals surface area contributed by atoms with Crippen LogP contribution in [0.3, 0.4) is 0 Å². The summed E-state index contributed by atoms with van der Waals surface area (Å²) in [7, 11) is 1.64. The Bertz CT molecular complexity index is 829. The van der Waals surface area contributed by atoms with Crippen molar-refractivity contribution in [3.8, 4) is 11.5 Å². The van der Waals surface area contributed by atoms with Gasteiger partial charge < -0.3 is 19.7 Å². The van der Waals surface area contributed by atoms with Crippen LogP contribution in [0, 0.1) is 0 Å². The minimum absolute atomic E-state index is 0.105. The van der Waals surface area contributed by atoms with Crippen molar-refractivity contribution < 1.29 is 19.1 Å². The molecule has 7 nitrogen and oxygen atoms in total. The predicted molar refractivity (Wildman–Crippen MR) is 116 cm³/mol. The summed E-state index contributed by atoms with van der Waals surface area (Å²) in [6.07, 6.45) is 0.376. The van der Waals surface area contributed by atoms with Crippen LogP contribution in [0.2, 0.25) is 0 Å². The Morgan fingerprint density at radius 1 is 0.933 bits per heavy atom. The van der Waals surface area contributed by atoms with E-state index < -0.39 is 0 Å². The van der Waals surface area contributed by atoms with Crippen LogP contribution in [0.1, 0.15) is 12.5 Å². The van der Waals surface area contributed by atoms with Crippen LogP contribution < -0.4 is 14.8 Å². The number of nitrogens with zero attached hydrogens (tertiary/aromatic N) is 2. The second-order valence-electron chi connectivity index (χ2n) is 7.30. The largest absolute Gasteiger partial charge is 0.497 e. The van der Waals surface area contributed by atoms with E-state index in [-0.39, 0.29) is 11.8 Å². The fraction of sp³-hybridized carbons (Fsp3) is 0.391. The molecule has 160 valence electrons. The summed E-state index contributed by atoms with van der Waals surface area (Å²) < 4.78 is 10.9. The summed E-state index contributed by atoms with van der Waals surface area (Å²) in [5.41, 5.74) is 1.69. The van der Waals surface area contributed by atoms with Gasteiger partial charge >= 0.3 is 0 Å². The maximum absolute atomic E-state index is 12.6. The maximum Gasteiger partial charge on any atom is 0.227 e. The molecule has 30 heavy (non-hydrogen) atoms. The Morgan fingerprint density at radius 2 is 1.57 bits per heavy atom. The molecule has 0 bridgehead atoms. The first-order chi connectivity index (χ1) is 14.5. The van der Waals surface area contributed by atoms with Crippen LogP contribution in [0.4, 0.5) is 5.69 Å². The third-order valence-corrected chi connectivity index (χ3v) is 5.09. The van der Waals surface area contributed by atoms with E-state index in [0.29, 0.717) is 13.0 Å². The number of ether oxygens (including phenoxy) is 2. The van der Waals surface area contributed by atoms with Crippen molar-refractivity contribution in [2.45, 2.75) is 13.3 Å². The maximum atomic E-state index is 12.6. The second kappa shape index (κ2) is 10.6. The Labute approximate surface area is 177 Å². The molecule has 2 aromatic rings. The van der Waals surface area contributed by atoms with Gasteiger partial charge in [0.1, 0.15) is 18.1 Å². The first-order valence-corrected chi connectivity index (χ1v) is 10.2. The molecule has 1 aliphatic rings. The molecule has 1 saturated heterocycles. The van der Waals surface area contributed by atoms with E-state index in [9.17, 15) is 9.59 Å². The number of methoxy groups -OCH3 is 1. The smallest absolute Gasteiger partial charge is 0.227 e. The lowest BCUT2D eigenvalue weighted by Gasteiger charge is -2.34. The standard InChI is InChI=1S/C23H29N3O4/c1-18(27)24-20-5-3-19(4-6-20)17-23(28)26-13-11-25(12-14-26)15-16-30-22-9-7-21(29-2)8-10-22/h3-10H,11-17H2,1-2H3,(H,24,27). The first-order valence-electron chi connectivity index (χ1n) is 10.2. The molecule has 0 aliphatic carbocycles. The summed E-state index contributed by atoms with van der Waals surface area (Å²) >= 11 is 0. The molecular formula is C23H29N3O4. The van der Waals surface area contributed by atoms with Crippen molar-refractivity contribution in [1.29, 1.82) is 0 Å². The number of piperazine rings is 1. The molecule has 0 saturated carbocycles. The third kappa shape index (κ3) is 6.49. The Kier molecular flexibility index (Phi) is 7.68. The average molecular weight is 412 g/mol. The number of hydrogen-bond donors (Lipinski definition) is 1. The van der Waals surface area contributed by atoms with Crippen LogP contribution in [0.25, 0.3) is 0 Å². The number of hydrogen-bond acceptors (Lipinski definition) is 5. The highest BCUT2D eigenvalue weighted by Gasteiger charge is 2.21.